The van der Waals surface area contributed by atoms with Gasteiger partial charge in [-0.2, -0.15) is 13.2 Å². The lowest BCUT2D eigenvalue weighted by Gasteiger charge is -2.36. The van der Waals surface area contributed by atoms with Crippen molar-refractivity contribution < 1.29 is 36.7 Å². The highest BCUT2D eigenvalue weighted by Gasteiger charge is 2.71. The predicted octanol–water partition coefficient (Wildman–Crippen LogP) is 4.22. The van der Waals surface area contributed by atoms with E-state index >= 15 is 0 Å². The van der Waals surface area contributed by atoms with Gasteiger partial charge >= 0.3 is 23.7 Å². The summed E-state index contributed by atoms with van der Waals surface area (Å²) in [5.41, 5.74) is -3.33. The molecule has 9 heteroatoms. The average molecular weight is 406 g/mol. The Morgan fingerprint density at radius 2 is 1.63 bits per heavy atom. The molecule has 0 aliphatic carbocycles. The van der Waals surface area contributed by atoms with E-state index in [1.54, 1.807) is 37.3 Å². The summed E-state index contributed by atoms with van der Waals surface area (Å²) in [7, 11) is -3.02. The fourth-order valence-electron chi connectivity index (χ4n) is 2.09. The van der Waals surface area contributed by atoms with Crippen molar-refractivity contribution >= 4 is 20.3 Å². The molecule has 152 valence electrons. The Bertz CT molecular complexity index is 643. The van der Waals surface area contributed by atoms with Gasteiger partial charge in [-0.05, 0) is 38.5 Å². The minimum atomic E-state index is -5.34. The molecule has 0 radical (unpaired) electrons. The highest BCUT2D eigenvalue weighted by Crippen LogP contribution is 2.39. The molecule has 0 aliphatic heterocycles. The fourth-order valence-corrected chi connectivity index (χ4v) is 3.29. The van der Waals surface area contributed by atoms with E-state index in [4.69, 9.17) is 13.9 Å². The molecule has 1 rings (SSSR count). The van der Waals surface area contributed by atoms with Crippen LogP contribution in [0.2, 0.25) is 19.6 Å². The number of carbonyl (C=O) groups excluding carboxylic acids is 2. The van der Waals surface area contributed by atoms with Gasteiger partial charge in [-0.15, -0.1) is 0 Å². The lowest BCUT2D eigenvalue weighted by molar-refractivity contribution is -0.260. The van der Waals surface area contributed by atoms with Gasteiger partial charge in [0, 0.05) is 0 Å². The van der Waals surface area contributed by atoms with E-state index in [1.807, 2.05) is 0 Å². The lowest BCUT2D eigenvalue weighted by atomic mass is 10.0. The maximum absolute atomic E-state index is 14.0. The number of hydrogen-bond donors (Lipinski definition) is 0. The predicted molar refractivity (Wildman–Crippen MR) is 95.3 cm³/mol. The lowest BCUT2D eigenvalue weighted by Crippen LogP contribution is -2.65. The molecule has 0 saturated heterocycles. The van der Waals surface area contributed by atoms with Crippen molar-refractivity contribution in [3.05, 3.63) is 35.9 Å². The van der Waals surface area contributed by atoms with Crippen molar-refractivity contribution in [2.75, 3.05) is 0 Å². The molecular weight excluding hydrogens is 381 g/mol. The maximum atomic E-state index is 14.0. The molecule has 0 N–H and O–H groups in total. The molecule has 1 aromatic carbocycles. The number of rotatable bonds is 8. The number of ether oxygens (including phenoxy) is 2. The Labute approximate surface area is 157 Å². The van der Waals surface area contributed by atoms with E-state index < -0.39 is 44.7 Å². The summed E-state index contributed by atoms with van der Waals surface area (Å²) in [4.78, 5) is 25.0. The fraction of sp³-hybridized carbons (Fsp3) is 0.556. The van der Waals surface area contributed by atoms with Crippen LogP contribution in [0.4, 0.5) is 13.2 Å². The third kappa shape index (κ3) is 6.07. The monoisotopic (exact) mass is 406 g/mol. The second kappa shape index (κ2) is 8.88. The van der Waals surface area contributed by atoms with Crippen LogP contribution in [0.5, 0.6) is 0 Å². The normalized spacial score (nSPS) is 15.6. The first-order valence-electron chi connectivity index (χ1n) is 8.52. The number of hydrogen-bond acceptors (Lipinski definition) is 5. The molecule has 0 fully saturated rings. The molecule has 1 aromatic rings. The largest absolute Gasteiger partial charge is 0.460 e. The number of halogens is 3. The summed E-state index contributed by atoms with van der Waals surface area (Å²) < 4.78 is 56.7. The standard InChI is InChI=1S/C18H25F3O5Si/c1-6-13(2)25-16(23)17(18(19,20)21,26-27(3,4)5)15(22)24-12-14-10-8-7-9-11-14/h7-11,13H,6,12H2,1-5H3. The van der Waals surface area contributed by atoms with Crippen LogP contribution in [-0.2, 0) is 30.1 Å². The Morgan fingerprint density at radius 1 is 1.07 bits per heavy atom. The van der Waals surface area contributed by atoms with Gasteiger partial charge in [-0.25, -0.2) is 9.59 Å². The van der Waals surface area contributed by atoms with Crippen LogP contribution in [0.3, 0.4) is 0 Å². The van der Waals surface area contributed by atoms with Crippen molar-refractivity contribution in [2.45, 2.75) is 64.4 Å². The number of carbonyl (C=O) groups is 2. The minimum Gasteiger partial charge on any atom is -0.460 e. The first-order valence-corrected chi connectivity index (χ1v) is 11.9. The van der Waals surface area contributed by atoms with Crippen LogP contribution >= 0.6 is 0 Å². The molecule has 0 bridgehead atoms. The molecule has 27 heavy (non-hydrogen) atoms. The van der Waals surface area contributed by atoms with Crippen LogP contribution in [0, 0.1) is 0 Å². The van der Waals surface area contributed by atoms with E-state index in [2.05, 4.69) is 0 Å². The van der Waals surface area contributed by atoms with Crippen LogP contribution in [-0.4, -0.2) is 38.1 Å². The molecule has 2 unspecified atom stereocenters. The van der Waals surface area contributed by atoms with Gasteiger partial charge in [-0.3, -0.25) is 0 Å². The van der Waals surface area contributed by atoms with Crippen LogP contribution in [0.25, 0.3) is 0 Å². The van der Waals surface area contributed by atoms with Gasteiger partial charge in [0.25, 0.3) is 0 Å². The van der Waals surface area contributed by atoms with Gasteiger partial charge in [0.05, 0.1) is 6.10 Å². The van der Waals surface area contributed by atoms with Crippen LogP contribution in [0.15, 0.2) is 30.3 Å². The number of alkyl halides is 3. The molecular formula is C18H25F3O5Si. The Kier molecular flexibility index (Phi) is 7.62. The Hall–Kier alpha value is -1.87. The summed E-state index contributed by atoms with van der Waals surface area (Å²) in [6.07, 6.45) is -5.87. The highest BCUT2D eigenvalue weighted by molar-refractivity contribution is 6.70. The van der Waals surface area contributed by atoms with Crippen LogP contribution < -0.4 is 0 Å². The van der Waals surface area contributed by atoms with E-state index in [9.17, 15) is 22.8 Å². The van der Waals surface area contributed by atoms with Gasteiger partial charge in [0.15, 0.2) is 8.32 Å². The summed E-state index contributed by atoms with van der Waals surface area (Å²) in [6.45, 7) is 6.96. The second-order valence-corrected chi connectivity index (χ2v) is 11.5. The van der Waals surface area contributed by atoms with Crippen molar-refractivity contribution in [2.24, 2.45) is 0 Å². The smallest absolute Gasteiger partial charge is 0.438 e. The molecule has 0 saturated carbocycles. The SMILES string of the molecule is CCC(C)OC(=O)C(O[Si](C)(C)C)(C(=O)OCc1ccccc1)C(F)(F)F. The average Bonchev–Trinajstić information content (AvgIpc) is 2.56. The van der Waals surface area contributed by atoms with E-state index in [-0.39, 0.29) is 6.42 Å². The van der Waals surface area contributed by atoms with E-state index in [0.717, 1.165) is 0 Å². The summed E-state index contributed by atoms with van der Waals surface area (Å²) in [5.74, 6) is -3.63. The third-order valence-corrected chi connectivity index (χ3v) is 4.45. The van der Waals surface area contributed by atoms with Gasteiger partial charge in [0.2, 0.25) is 0 Å². The summed E-state index contributed by atoms with van der Waals surface area (Å²) in [6, 6.07) is 8.17. The Morgan fingerprint density at radius 3 is 2.07 bits per heavy atom. The quantitative estimate of drug-likeness (QED) is 0.367. The molecule has 0 heterocycles. The summed E-state index contributed by atoms with van der Waals surface area (Å²) in [5, 5.41) is 0. The first kappa shape index (κ1) is 23.2. The van der Waals surface area contributed by atoms with Gasteiger partial charge in [-0.1, -0.05) is 37.3 Å². The number of esters is 2. The summed E-state index contributed by atoms with van der Waals surface area (Å²) >= 11 is 0. The van der Waals surface area contributed by atoms with Gasteiger partial charge in [0.1, 0.15) is 6.61 Å². The van der Waals surface area contributed by atoms with E-state index in [0.29, 0.717) is 5.56 Å². The molecule has 0 spiro atoms. The third-order valence-electron chi connectivity index (χ3n) is 3.53. The Balaban J connectivity index is 3.27. The molecule has 5 nitrogen and oxygen atoms in total. The second-order valence-electron chi connectivity index (χ2n) is 7.08. The van der Waals surface area contributed by atoms with Crippen molar-refractivity contribution in [3.63, 3.8) is 0 Å². The zero-order valence-electron chi connectivity index (χ0n) is 16.1. The highest BCUT2D eigenvalue weighted by atomic mass is 28.4. The molecule has 2 atom stereocenters. The number of benzene rings is 1. The van der Waals surface area contributed by atoms with E-state index in [1.165, 1.54) is 26.6 Å². The topological polar surface area (TPSA) is 61.8 Å². The van der Waals surface area contributed by atoms with Crippen molar-refractivity contribution in [1.82, 2.24) is 0 Å². The molecule has 0 aliphatic rings. The zero-order chi connectivity index (χ0) is 20.9. The van der Waals surface area contributed by atoms with Crippen molar-refractivity contribution in [1.29, 1.82) is 0 Å². The van der Waals surface area contributed by atoms with Gasteiger partial charge < -0.3 is 13.9 Å². The zero-order valence-corrected chi connectivity index (χ0v) is 17.1. The van der Waals surface area contributed by atoms with Crippen LogP contribution in [0.1, 0.15) is 25.8 Å². The minimum absolute atomic E-state index is 0.283. The maximum Gasteiger partial charge on any atom is 0.438 e. The first-order chi connectivity index (χ1) is 12.3. The van der Waals surface area contributed by atoms with Crippen molar-refractivity contribution in [3.8, 4) is 0 Å². The molecule has 0 amide bonds. The molecule has 0 aromatic heterocycles.